The number of nitrogens with one attached hydrogen (secondary N) is 2. The molecule has 0 atom stereocenters. The number of piperidine rings is 1. The molecular weight excluding hydrogens is 448 g/mol. The zero-order valence-electron chi connectivity index (χ0n) is 19.4. The molecule has 0 spiro atoms. The molecule has 1 aliphatic rings. The van der Waals surface area contributed by atoms with Crippen molar-refractivity contribution in [2.24, 2.45) is 7.05 Å². The highest BCUT2D eigenvalue weighted by molar-refractivity contribution is 5.82. The van der Waals surface area contributed by atoms with E-state index in [1.54, 1.807) is 19.3 Å². The van der Waals surface area contributed by atoms with Crippen molar-refractivity contribution in [2.45, 2.75) is 25.8 Å². The Morgan fingerprint density at radius 1 is 1.11 bits per heavy atom. The maximum Gasteiger partial charge on any atom is 0.419 e. The van der Waals surface area contributed by atoms with Crippen LogP contribution in [0.2, 0.25) is 0 Å². The van der Waals surface area contributed by atoms with E-state index in [9.17, 15) is 9.59 Å². The topological polar surface area (TPSA) is 127 Å². The third kappa shape index (κ3) is 3.65. The highest BCUT2D eigenvalue weighted by Crippen LogP contribution is 2.29. The van der Waals surface area contributed by atoms with Gasteiger partial charge in [0.15, 0.2) is 11.2 Å². The Bertz CT molecular complexity index is 1670. The van der Waals surface area contributed by atoms with E-state index in [1.165, 1.54) is 10.9 Å². The van der Waals surface area contributed by atoms with E-state index < -0.39 is 0 Å². The second kappa shape index (κ2) is 8.12. The van der Waals surface area contributed by atoms with Gasteiger partial charge in [0, 0.05) is 50.2 Å². The molecule has 1 saturated heterocycles. The second-order valence-electron chi connectivity index (χ2n) is 8.84. The summed E-state index contributed by atoms with van der Waals surface area (Å²) in [6.07, 6.45) is 4.85. The lowest BCUT2D eigenvalue weighted by Gasteiger charge is -2.33. The van der Waals surface area contributed by atoms with Crippen LogP contribution in [0.3, 0.4) is 0 Å². The Kier molecular flexibility index (Phi) is 4.90. The molecule has 1 fully saturated rings. The first-order valence-electron chi connectivity index (χ1n) is 11.5. The first-order valence-corrected chi connectivity index (χ1v) is 11.5. The summed E-state index contributed by atoms with van der Waals surface area (Å²) in [5, 5.41) is 3.30. The molecule has 11 heteroatoms. The van der Waals surface area contributed by atoms with Gasteiger partial charge in [-0.15, -0.1) is 0 Å². The lowest BCUT2D eigenvalue weighted by molar-refractivity contribution is 0.395. The van der Waals surface area contributed by atoms with Gasteiger partial charge in [-0.25, -0.2) is 24.5 Å². The molecule has 0 bridgehead atoms. The minimum Gasteiger partial charge on any atom is -0.408 e. The number of aryl methyl sites for hydroxylation is 2. The average molecular weight is 473 g/mol. The van der Waals surface area contributed by atoms with Gasteiger partial charge in [-0.3, -0.25) is 14.1 Å². The Hall–Kier alpha value is -4.41. The van der Waals surface area contributed by atoms with Gasteiger partial charge in [0.25, 0.3) is 0 Å². The van der Waals surface area contributed by atoms with Gasteiger partial charge >= 0.3 is 11.4 Å². The van der Waals surface area contributed by atoms with Gasteiger partial charge in [-0.2, -0.15) is 0 Å². The Balaban J connectivity index is 1.20. The monoisotopic (exact) mass is 472 g/mol. The minimum absolute atomic E-state index is 0.103. The van der Waals surface area contributed by atoms with Crippen LogP contribution in [-0.2, 0) is 7.05 Å². The maximum absolute atomic E-state index is 12.5. The van der Waals surface area contributed by atoms with E-state index in [1.807, 2.05) is 35.8 Å². The molecule has 1 aliphatic heterocycles. The standard InChI is InChI=1S/C24H24N8O3/c1-14-10-15(11-18-21(14)30(2)24(34)35-18)28-19-12-20(27-13-26-19)31-8-5-16(6-9-31)32-17-4-3-7-25-22(17)29-23(32)33/h3-4,7,10-13,16H,5-6,8-9H2,1-2H3,(H,25,29,33)(H,26,27,28). The Morgan fingerprint density at radius 2 is 1.94 bits per heavy atom. The van der Waals surface area contributed by atoms with E-state index in [2.05, 4.69) is 30.2 Å². The molecule has 0 radical (unpaired) electrons. The molecule has 11 nitrogen and oxygen atoms in total. The van der Waals surface area contributed by atoms with Gasteiger partial charge in [0.2, 0.25) is 0 Å². The summed E-state index contributed by atoms with van der Waals surface area (Å²) in [6, 6.07) is 9.54. The van der Waals surface area contributed by atoms with Crippen molar-refractivity contribution in [2.75, 3.05) is 23.3 Å². The van der Waals surface area contributed by atoms with Crippen LogP contribution in [0.1, 0.15) is 24.4 Å². The zero-order valence-corrected chi connectivity index (χ0v) is 19.4. The summed E-state index contributed by atoms with van der Waals surface area (Å²) in [6.45, 7) is 3.47. The lowest BCUT2D eigenvalue weighted by atomic mass is 10.0. The third-order valence-electron chi connectivity index (χ3n) is 6.64. The highest BCUT2D eigenvalue weighted by Gasteiger charge is 2.24. The van der Waals surface area contributed by atoms with Crippen molar-refractivity contribution in [1.82, 2.24) is 29.1 Å². The number of imidazole rings is 1. The van der Waals surface area contributed by atoms with E-state index >= 15 is 0 Å². The fraction of sp³-hybridized carbons (Fsp3) is 0.292. The molecule has 35 heavy (non-hydrogen) atoms. The highest BCUT2D eigenvalue weighted by atomic mass is 16.4. The Morgan fingerprint density at radius 3 is 2.77 bits per heavy atom. The molecule has 2 N–H and O–H groups in total. The number of aromatic nitrogens is 6. The van der Waals surface area contributed by atoms with Gasteiger partial charge in [0.1, 0.15) is 18.0 Å². The van der Waals surface area contributed by atoms with Crippen LogP contribution in [0.25, 0.3) is 22.3 Å². The van der Waals surface area contributed by atoms with Crippen molar-refractivity contribution in [3.63, 3.8) is 0 Å². The van der Waals surface area contributed by atoms with E-state index in [0.29, 0.717) is 17.0 Å². The summed E-state index contributed by atoms with van der Waals surface area (Å²) in [4.78, 5) is 42.6. The van der Waals surface area contributed by atoms with Crippen molar-refractivity contribution >= 4 is 39.6 Å². The fourth-order valence-electron chi connectivity index (χ4n) is 4.99. The normalized spacial score (nSPS) is 14.7. The molecule has 0 saturated carbocycles. The van der Waals surface area contributed by atoms with Crippen molar-refractivity contribution in [3.05, 3.63) is 69.5 Å². The minimum atomic E-state index is -0.390. The Labute approximate surface area is 199 Å². The van der Waals surface area contributed by atoms with Crippen LogP contribution < -0.4 is 21.7 Å². The first kappa shape index (κ1) is 21.1. The number of oxazole rings is 1. The van der Waals surface area contributed by atoms with E-state index in [0.717, 1.165) is 54.0 Å². The number of fused-ring (bicyclic) bond motifs is 2. The van der Waals surface area contributed by atoms with Crippen LogP contribution in [0.4, 0.5) is 17.3 Å². The largest absolute Gasteiger partial charge is 0.419 e. The molecule has 0 aliphatic carbocycles. The van der Waals surface area contributed by atoms with Crippen LogP contribution >= 0.6 is 0 Å². The number of nitrogens with zero attached hydrogens (tertiary/aromatic N) is 6. The molecule has 5 aromatic rings. The summed E-state index contributed by atoms with van der Waals surface area (Å²) < 4.78 is 8.68. The van der Waals surface area contributed by atoms with Crippen molar-refractivity contribution in [3.8, 4) is 0 Å². The van der Waals surface area contributed by atoms with Gasteiger partial charge < -0.3 is 14.6 Å². The molecule has 0 amide bonds. The molecule has 6 rings (SSSR count). The summed E-state index contributed by atoms with van der Waals surface area (Å²) in [5.74, 6) is 1.07. The number of hydrogen-bond acceptors (Lipinski definition) is 8. The van der Waals surface area contributed by atoms with Crippen LogP contribution in [0, 0.1) is 6.92 Å². The van der Waals surface area contributed by atoms with E-state index in [4.69, 9.17) is 4.42 Å². The number of anilines is 3. The molecule has 1 aromatic carbocycles. The van der Waals surface area contributed by atoms with Gasteiger partial charge in [-0.05, 0) is 43.5 Å². The zero-order chi connectivity index (χ0) is 24.1. The van der Waals surface area contributed by atoms with Crippen molar-refractivity contribution < 1.29 is 4.42 Å². The van der Waals surface area contributed by atoms with Crippen LogP contribution in [-0.4, -0.2) is 42.2 Å². The maximum atomic E-state index is 12.5. The molecular formula is C24H24N8O3. The van der Waals surface area contributed by atoms with Gasteiger partial charge in [0.05, 0.1) is 11.0 Å². The summed E-state index contributed by atoms with van der Waals surface area (Å²) >= 11 is 0. The molecule has 4 aromatic heterocycles. The number of rotatable bonds is 4. The third-order valence-corrected chi connectivity index (χ3v) is 6.64. The number of benzene rings is 1. The predicted molar refractivity (Wildman–Crippen MR) is 132 cm³/mol. The summed E-state index contributed by atoms with van der Waals surface area (Å²) in [5.41, 5.74) is 4.35. The first-order chi connectivity index (χ1) is 17.0. The second-order valence-corrected chi connectivity index (χ2v) is 8.84. The lowest BCUT2D eigenvalue weighted by Crippen LogP contribution is -2.37. The average Bonchev–Trinajstić information content (AvgIpc) is 3.34. The van der Waals surface area contributed by atoms with Crippen LogP contribution in [0.15, 0.2) is 56.9 Å². The summed E-state index contributed by atoms with van der Waals surface area (Å²) in [7, 11) is 1.69. The predicted octanol–water partition coefficient (Wildman–Crippen LogP) is 2.85. The number of aromatic amines is 1. The quantitative estimate of drug-likeness (QED) is 0.409. The smallest absolute Gasteiger partial charge is 0.408 e. The van der Waals surface area contributed by atoms with Gasteiger partial charge in [-0.1, -0.05) is 0 Å². The molecule has 5 heterocycles. The fourth-order valence-corrected chi connectivity index (χ4v) is 4.99. The van der Waals surface area contributed by atoms with Crippen molar-refractivity contribution in [1.29, 1.82) is 0 Å². The SMILES string of the molecule is Cc1cc(Nc2cc(N3CCC(n4c(=O)[nH]c5ncccc54)CC3)ncn2)cc2oc(=O)n(C)c12. The van der Waals surface area contributed by atoms with E-state index in [-0.39, 0.29) is 17.5 Å². The molecule has 178 valence electrons. The number of pyridine rings is 1. The molecule has 0 unspecified atom stereocenters. The number of hydrogen-bond donors (Lipinski definition) is 2. The van der Waals surface area contributed by atoms with Crippen LogP contribution in [0.5, 0.6) is 0 Å². The number of H-pyrrole nitrogens is 1.